The van der Waals surface area contributed by atoms with E-state index < -0.39 is 0 Å². The summed E-state index contributed by atoms with van der Waals surface area (Å²) >= 11 is 0. The number of β-amino-alcohol motifs (C(OH)–C–C–N with tert-alkyl or cyclic N) is 1. The van der Waals surface area contributed by atoms with Crippen LogP contribution in [0.5, 0.6) is 0 Å². The van der Waals surface area contributed by atoms with Crippen LogP contribution in [0, 0.1) is 0 Å². The predicted octanol–water partition coefficient (Wildman–Crippen LogP) is 1.25. The Morgan fingerprint density at radius 1 is 1.36 bits per heavy atom. The normalized spacial score (nSPS) is 14.4. The molecule has 0 aliphatic heterocycles. The van der Waals surface area contributed by atoms with Crippen molar-refractivity contribution in [2.24, 2.45) is 5.73 Å². The molecule has 0 spiro atoms. The summed E-state index contributed by atoms with van der Waals surface area (Å²) in [5, 5.41) is 12.7. The highest BCUT2D eigenvalue weighted by Crippen LogP contribution is 2.21. The van der Waals surface area contributed by atoms with Gasteiger partial charge in [0.25, 0.3) is 0 Å². The van der Waals surface area contributed by atoms with E-state index in [1.807, 2.05) is 6.92 Å². The summed E-state index contributed by atoms with van der Waals surface area (Å²) in [5.74, 6) is 0. The van der Waals surface area contributed by atoms with Gasteiger partial charge in [-0.1, -0.05) is 13.8 Å². The minimum Gasteiger partial charge on any atom is -0.392 e. The molecular formula is C11H26N2O. The molecule has 14 heavy (non-hydrogen) atoms. The number of aliphatic hydroxyl groups excluding tert-OH is 1. The highest BCUT2D eigenvalue weighted by molar-refractivity contribution is 4.85. The van der Waals surface area contributed by atoms with Crippen molar-refractivity contribution < 1.29 is 5.11 Å². The third-order valence-electron chi connectivity index (χ3n) is 2.99. The Labute approximate surface area is 88.1 Å². The molecule has 3 heteroatoms. The Hall–Kier alpha value is -0.120. The Morgan fingerprint density at radius 3 is 2.29 bits per heavy atom. The fourth-order valence-corrected chi connectivity index (χ4v) is 1.75. The van der Waals surface area contributed by atoms with Gasteiger partial charge in [-0.25, -0.2) is 0 Å². The van der Waals surface area contributed by atoms with Crippen LogP contribution >= 0.6 is 0 Å². The average molecular weight is 202 g/mol. The molecule has 0 aliphatic rings. The van der Waals surface area contributed by atoms with Crippen molar-refractivity contribution in [3.8, 4) is 0 Å². The van der Waals surface area contributed by atoms with Crippen LogP contribution in [0.2, 0.25) is 0 Å². The van der Waals surface area contributed by atoms with Crippen LogP contribution in [-0.2, 0) is 0 Å². The predicted molar refractivity (Wildman–Crippen MR) is 61.3 cm³/mol. The largest absolute Gasteiger partial charge is 0.392 e. The smallest absolute Gasteiger partial charge is 0.0636 e. The fraction of sp³-hybridized carbons (Fsp3) is 1.00. The number of hydrogen-bond acceptors (Lipinski definition) is 3. The Bertz CT molecular complexity index is 133. The second-order valence-corrected chi connectivity index (χ2v) is 4.11. The third-order valence-corrected chi connectivity index (χ3v) is 2.99. The second kappa shape index (κ2) is 7.21. The van der Waals surface area contributed by atoms with E-state index in [-0.39, 0.29) is 11.6 Å². The van der Waals surface area contributed by atoms with Crippen molar-refractivity contribution >= 4 is 0 Å². The zero-order chi connectivity index (χ0) is 11.0. The molecule has 3 nitrogen and oxygen atoms in total. The van der Waals surface area contributed by atoms with Crippen LogP contribution in [0.15, 0.2) is 0 Å². The number of rotatable bonds is 8. The number of nitrogens with one attached hydrogen (secondary N) is 1. The van der Waals surface area contributed by atoms with Gasteiger partial charge in [-0.2, -0.15) is 0 Å². The zero-order valence-electron chi connectivity index (χ0n) is 9.84. The quantitative estimate of drug-likeness (QED) is 0.555. The van der Waals surface area contributed by atoms with E-state index >= 15 is 0 Å². The molecule has 0 aromatic carbocycles. The Morgan fingerprint density at radius 2 is 1.93 bits per heavy atom. The molecule has 0 bridgehead atoms. The zero-order valence-corrected chi connectivity index (χ0v) is 9.84. The standard InChI is InChI=1S/C11H26N2O/c1-4-11(5-2,7-6-8-12)13-9-10(3)14/h10,13-14H,4-9,12H2,1-3H3. The molecule has 0 saturated carbocycles. The molecule has 0 radical (unpaired) electrons. The van der Waals surface area contributed by atoms with Crippen LogP contribution in [0.4, 0.5) is 0 Å². The van der Waals surface area contributed by atoms with Gasteiger partial charge < -0.3 is 16.2 Å². The molecule has 86 valence electrons. The van der Waals surface area contributed by atoms with Gasteiger partial charge in [-0.15, -0.1) is 0 Å². The number of aliphatic hydroxyl groups is 1. The molecule has 0 rings (SSSR count). The SMILES string of the molecule is CCC(CC)(CCCN)NCC(C)O. The highest BCUT2D eigenvalue weighted by atomic mass is 16.3. The lowest BCUT2D eigenvalue weighted by Gasteiger charge is -2.33. The van der Waals surface area contributed by atoms with Crippen LogP contribution in [0.25, 0.3) is 0 Å². The van der Waals surface area contributed by atoms with Gasteiger partial charge in [0.15, 0.2) is 0 Å². The Balaban J connectivity index is 4.07. The molecular weight excluding hydrogens is 176 g/mol. The monoisotopic (exact) mass is 202 g/mol. The molecule has 1 atom stereocenters. The molecule has 0 aromatic heterocycles. The summed E-state index contributed by atoms with van der Waals surface area (Å²) in [7, 11) is 0. The molecule has 0 aliphatic carbocycles. The maximum Gasteiger partial charge on any atom is 0.0636 e. The number of nitrogens with two attached hydrogens (primary N) is 1. The van der Waals surface area contributed by atoms with Crippen LogP contribution in [0.3, 0.4) is 0 Å². The van der Waals surface area contributed by atoms with E-state index in [0.717, 1.165) is 32.2 Å². The molecule has 4 N–H and O–H groups in total. The summed E-state index contributed by atoms with van der Waals surface area (Å²) in [5.41, 5.74) is 5.70. The van der Waals surface area contributed by atoms with E-state index in [1.165, 1.54) is 0 Å². The fourth-order valence-electron chi connectivity index (χ4n) is 1.75. The lowest BCUT2D eigenvalue weighted by Crippen LogP contribution is -2.47. The van der Waals surface area contributed by atoms with Crippen LogP contribution < -0.4 is 11.1 Å². The van der Waals surface area contributed by atoms with Gasteiger partial charge >= 0.3 is 0 Å². The van der Waals surface area contributed by atoms with Gasteiger partial charge in [-0.3, -0.25) is 0 Å². The summed E-state index contributed by atoms with van der Waals surface area (Å²) < 4.78 is 0. The molecule has 0 fully saturated rings. The molecule has 0 heterocycles. The van der Waals surface area contributed by atoms with E-state index in [9.17, 15) is 5.11 Å². The summed E-state index contributed by atoms with van der Waals surface area (Å²) in [4.78, 5) is 0. The van der Waals surface area contributed by atoms with E-state index in [1.54, 1.807) is 0 Å². The average Bonchev–Trinajstić information content (AvgIpc) is 2.19. The van der Waals surface area contributed by atoms with Gasteiger partial charge in [0.05, 0.1) is 6.10 Å². The van der Waals surface area contributed by atoms with E-state index in [2.05, 4.69) is 19.2 Å². The van der Waals surface area contributed by atoms with Crippen molar-refractivity contribution in [2.75, 3.05) is 13.1 Å². The van der Waals surface area contributed by atoms with Crippen molar-refractivity contribution in [1.82, 2.24) is 5.32 Å². The van der Waals surface area contributed by atoms with Crippen LogP contribution in [0.1, 0.15) is 46.5 Å². The first-order chi connectivity index (χ1) is 6.60. The molecule has 1 unspecified atom stereocenters. The molecule has 0 saturated heterocycles. The van der Waals surface area contributed by atoms with Gasteiger partial charge in [0, 0.05) is 12.1 Å². The van der Waals surface area contributed by atoms with Crippen molar-refractivity contribution in [2.45, 2.75) is 58.1 Å². The second-order valence-electron chi connectivity index (χ2n) is 4.11. The molecule has 0 aromatic rings. The lowest BCUT2D eigenvalue weighted by atomic mass is 9.87. The van der Waals surface area contributed by atoms with E-state index in [4.69, 9.17) is 5.73 Å². The summed E-state index contributed by atoms with van der Waals surface area (Å²) in [6, 6.07) is 0. The van der Waals surface area contributed by atoms with Crippen LogP contribution in [-0.4, -0.2) is 29.8 Å². The first-order valence-electron chi connectivity index (χ1n) is 5.73. The van der Waals surface area contributed by atoms with Crippen molar-refractivity contribution in [3.05, 3.63) is 0 Å². The minimum absolute atomic E-state index is 0.177. The summed E-state index contributed by atoms with van der Waals surface area (Å²) in [6.45, 7) is 7.61. The van der Waals surface area contributed by atoms with E-state index in [0.29, 0.717) is 6.54 Å². The lowest BCUT2D eigenvalue weighted by molar-refractivity contribution is 0.162. The van der Waals surface area contributed by atoms with Gasteiger partial charge in [-0.05, 0) is 39.2 Å². The van der Waals surface area contributed by atoms with Crippen molar-refractivity contribution in [1.29, 1.82) is 0 Å². The first kappa shape index (κ1) is 13.9. The third kappa shape index (κ3) is 4.94. The van der Waals surface area contributed by atoms with Gasteiger partial charge in [0.1, 0.15) is 0 Å². The number of hydrogen-bond donors (Lipinski definition) is 3. The molecule has 0 amide bonds. The maximum atomic E-state index is 9.24. The summed E-state index contributed by atoms with van der Waals surface area (Å²) in [6.07, 6.45) is 4.06. The topological polar surface area (TPSA) is 58.3 Å². The minimum atomic E-state index is -0.273. The maximum absolute atomic E-state index is 9.24. The highest BCUT2D eigenvalue weighted by Gasteiger charge is 2.24. The van der Waals surface area contributed by atoms with Gasteiger partial charge in [0.2, 0.25) is 0 Å². The van der Waals surface area contributed by atoms with Crippen molar-refractivity contribution in [3.63, 3.8) is 0 Å². The first-order valence-corrected chi connectivity index (χ1v) is 5.73. The Kier molecular flexibility index (Phi) is 7.15.